The molecule has 4 aliphatic carbocycles. The summed E-state index contributed by atoms with van der Waals surface area (Å²) in [4.78, 5) is 11.4. The summed E-state index contributed by atoms with van der Waals surface area (Å²) < 4.78 is 41.6. The van der Waals surface area contributed by atoms with Crippen molar-refractivity contribution in [3.05, 3.63) is 34.4 Å². The lowest BCUT2D eigenvalue weighted by Gasteiger charge is -2.63. The molecule has 0 spiro atoms. The van der Waals surface area contributed by atoms with Crippen LogP contribution in [-0.4, -0.2) is 29.8 Å². The van der Waals surface area contributed by atoms with Crippen molar-refractivity contribution in [1.82, 2.24) is 0 Å². The van der Waals surface area contributed by atoms with Crippen molar-refractivity contribution in [3.8, 4) is 0 Å². The van der Waals surface area contributed by atoms with E-state index in [-0.39, 0.29) is 28.3 Å². The maximum atomic E-state index is 12.2. The molecule has 0 aliphatic heterocycles. The second-order valence-electron chi connectivity index (χ2n) is 11.3. The van der Waals surface area contributed by atoms with Gasteiger partial charge in [0.25, 0.3) is 0 Å². The van der Waals surface area contributed by atoms with Gasteiger partial charge in [-0.05, 0) is 98.5 Å². The highest BCUT2D eigenvalue weighted by molar-refractivity contribution is 7.80. The van der Waals surface area contributed by atoms with E-state index in [1.807, 2.05) is 6.07 Å². The highest BCUT2D eigenvalue weighted by Crippen LogP contribution is 2.70. The molecule has 8 atom stereocenters. The summed E-state index contributed by atoms with van der Waals surface area (Å²) in [5.41, 5.74) is -0.328. The van der Waals surface area contributed by atoms with Crippen LogP contribution in [0.3, 0.4) is 0 Å². The van der Waals surface area contributed by atoms with E-state index in [1.165, 1.54) is 6.07 Å². The Labute approximate surface area is 189 Å². The Hall–Kier alpha value is -1.22. The van der Waals surface area contributed by atoms with Gasteiger partial charge in [0.15, 0.2) is 0 Å². The molecule has 4 saturated carbocycles. The van der Waals surface area contributed by atoms with E-state index in [4.69, 9.17) is 13.2 Å². The van der Waals surface area contributed by atoms with Gasteiger partial charge in [-0.3, -0.25) is 4.55 Å². The van der Waals surface area contributed by atoms with Crippen molar-refractivity contribution in [2.24, 2.45) is 28.6 Å². The summed E-state index contributed by atoms with van der Waals surface area (Å²) >= 11 is 0. The maximum Gasteiger partial charge on any atom is 0.397 e. The maximum absolute atomic E-state index is 12.2. The second kappa shape index (κ2) is 7.39. The lowest BCUT2D eigenvalue weighted by molar-refractivity contribution is -0.204. The molecule has 0 bridgehead atoms. The first-order valence-electron chi connectivity index (χ1n) is 11.9. The number of hydrogen-bond donors (Lipinski definition) is 2. The van der Waals surface area contributed by atoms with Crippen LogP contribution in [0.25, 0.3) is 0 Å². The summed E-state index contributed by atoms with van der Waals surface area (Å²) in [7, 11) is -4.44. The molecular formula is C24H34O7S. The van der Waals surface area contributed by atoms with Gasteiger partial charge in [-0.15, -0.1) is 0 Å². The quantitative estimate of drug-likeness (QED) is 0.646. The Morgan fingerprint density at radius 1 is 1.03 bits per heavy atom. The molecule has 1 aromatic heterocycles. The first-order chi connectivity index (χ1) is 15.0. The van der Waals surface area contributed by atoms with Crippen LogP contribution in [-0.2, 0) is 14.6 Å². The molecule has 0 aromatic carbocycles. The average Bonchev–Trinajstić information content (AvgIpc) is 2.99. The van der Waals surface area contributed by atoms with Gasteiger partial charge < -0.3 is 9.52 Å². The first kappa shape index (κ1) is 22.6. The fourth-order valence-corrected chi connectivity index (χ4v) is 9.07. The SMILES string of the molecule is C[C@]12CC[C@H](OS(=O)(=O)O)C[C@H]1CC[C@@H]1[C@@H]2CC[C@]2(C)[C@@H](c3ccc(=O)oc3)CC[C@]12O. The molecule has 0 saturated heterocycles. The van der Waals surface area contributed by atoms with Gasteiger partial charge in [0.05, 0.1) is 18.0 Å². The van der Waals surface area contributed by atoms with Crippen molar-refractivity contribution in [3.63, 3.8) is 0 Å². The van der Waals surface area contributed by atoms with Gasteiger partial charge >= 0.3 is 16.0 Å². The van der Waals surface area contributed by atoms with E-state index in [0.717, 1.165) is 50.5 Å². The fourth-order valence-electron chi connectivity index (χ4n) is 8.55. The molecule has 1 aromatic rings. The Morgan fingerprint density at radius 3 is 2.50 bits per heavy atom. The largest absolute Gasteiger partial charge is 0.431 e. The van der Waals surface area contributed by atoms with E-state index >= 15 is 0 Å². The molecule has 7 nitrogen and oxygen atoms in total. The van der Waals surface area contributed by atoms with E-state index in [9.17, 15) is 18.3 Å². The standard InChI is InChI=1S/C24H34O7S/c1-22-10-7-17(31-32(27,28)29)13-16(22)4-5-20-19(22)8-11-23(2)18(9-12-24(20,23)26)15-3-6-21(25)30-14-15/h3,6,14,16-20,26H,4-5,7-13H2,1-2H3,(H,27,28,29)/t16-,17+,18-,19+,20-,22+,23-,24+/m1/s1. The summed E-state index contributed by atoms with van der Waals surface area (Å²) in [6.07, 6.45) is 8.66. The minimum atomic E-state index is -4.44. The van der Waals surface area contributed by atoms with Gasteiger partial charge in [-0.25, -0.2) is 8.98 Å². The average molecular weight is 467 g/mol. The van der Waals surface area contributed by atoms with Gasteiger partial charge in [-0.1, -0.05) is 13.8 Å². The Morgan fingerprint density at radius 2 is 1.81 bits per heavy atom. The van der Waals surface area contributed by atoms with E-state index in [0.29, 0.717) is 24.7 Å². The van der Waals surface area contributed by atoms with E-state index < -0.39 is 22.1 Å². The smallest absolute Gasteiger partial charge is 0.397 e. The molecule has 32 heavy (non-hydrogen) atoms. The zero-order valence-electron chi connectivity index (χ0n) is 18.8. The normalized spacial score (nSPS) is 46.2. The van der Waals surface area contributed by atoms with Gasteiger partial charge in [-0.2, -0.15) is 8.42 Å². The minimum Gasteiger partial charge on any atom is -0.431 e. The van der Waals surface area contributed by atoms with Crippen LogP contribution in [0.5, 0.6) is 0 Å². The molecule has 178 valence electrons. The first-order valence-corrected chi connectivity index (χ1v) is 13.3. The predicted molar refractivity (Wildman–Crippen MR) is 117 cm³/mol. The highest BCUT2D eigenvalue weighted by Gasteiger charge is 2.67. The van der Waals surface area contributed by atoms with Crippen molar-refractivity contribution < 1.29 is 26.7 Å². The molecule has 5 rings (SSSR count). The third-order valence-electron chi connectivity index (χ3n) is 10.2. The fraction of sp³-hybridized carbons (Fsp3) is 0.792. The lowest BCUT2D eigenvalue weighted by Crippen LogP contribution is -2.62. The number of rotatable bonds is 3. The van der Waals surface area contributed by atoms with Crippen molar-refractivity contribution in [2.45, 2.75) is 89.3 Å². The van der Waals surface area contributed by atoms with Gasteiger partial charge in [0.2, 0.25) is 0 Å². The van der Waals surface area contributed by atoms with Crippen LogP contribution < -0.4 is 5.63 Å². The third kappa shape index (κ3) is 3.32. The monoisotopic (exact) mass is 466 g/mol. The van der Waals surface area contributed by atoms with E-state index in [2.05, 4.69) is 13.8 Å². The van der Waals surface area contributed by atoms with Crippen LogP contribution in [0, 0.1) is 28.6 Å². The molecule has 8 heteroatoms. The molecular weight excluding hydrogens is 432 g/mol. The van der Waals surface area contributed by atoms with Crippen LogP contribution >= 0.6 is 0 Å². The Kier molecular flexibility index (Phi) is 5.21. The summed E-state index contributed by atoms with van der Waals surface area (Å²) in [6.45, 7) is 4.54. The van der Waals surface area contributed by atoms with Crippen molar-refractivity contribution >= 4 is 10.4 Å². The predicted octanol–water partition coefficient (Wildman–Crippen LogP) is 4.07. The zero-order chi connectivity index (χ0) is 22.9. The van der Waals surface area contributed by atoms with Crippen molar-refractivity contribution in [2.75, 3.05) is 0 Å². The Bertz CT molecular complexity index is 1030. The summed E-state index contributed by atoms with van der Waals surface area (Å²) in [5.74, 6) is 1.10. The molecule has 4 fully saturated rings. The summed E-state index contributed by atoms with van der Waals surface area (Å²) in [6, 6.07) is 3.33. The topological polar surface area (TPSA) is 114 Å². The molecule has 0 amide bonds. The Balaban J connectivity index is 1.40. The molecule has 0 unspecified atom stereocenters. The summed E-state index contributed by atoms with van der Waals surface area (Å²) in [5, 5.41) is 12.2. The molecule has 1 heterocycles. The van der Waals surface area contributed by atoms with Gasteiger partial charge in [0.1, 0.15) is 0 Å². The van der Waals surface area contributed by atoms with Crippen LogP contribution in [0.2, 0.25) is 0 Å². The second-order valence-corrected chi connectivity index (χ2v) is 12.3. The molecule has 2 N–H and O–H groups in total. The third-order valence-corrected chi connectivity index (χ3v) is 10.7. The van der Waals surface area contributed by atoms with Crippen LogP contribution in [0.4, 0.5) is 0 Å². The number of fused-ring (bicyclic) bond motifs is 5. The van der Waals surface area contributed by atoms with E-state index in [1.54, 1.807) is 6.26 Å². The van der Waals surface area contributed by atoms with Crippen LogP contribution in [0.15, 0.2) is 27.6 Å². The highest BCUT2D eigenvalue weighted by atomic mass is 32.3. The van der Waals surface area contributed by atoms with Gasteiger partial charge in [0, 0.05) is 11.5 Å². The van der Waals surface area contributed by atoms with Crippen LogP contribution in [0.1, 0.15) is 83.1 Å². The lowest BCUT2D eigenvalue weighted by atomic mass is 9.43. The zero-order valence-corrected chi connectivity index (χ0v) is 19.6. The minimum absolute atomic E-state index is 0.0384. The number of aliphatic hydroxyl groups is 1. The molecule has 4 aliphatic rings. The van der Waals surface area contributed by atoms with Crippen molar-refractivity contribution in [1.29, 1.82) is 0 Å². The molecule has 0 radical (unpaired) electrons. The number of hydrogen-bond acceptors (Lipinski definition) is 6.